The van der Waals surface area contributed by atoms with Crippen molar-refractivity contribution in [2.24, 2.45) is 0 Å². The van der Waals surface area contributed by atoms with Gasteiger partial charge in [0.1, 0.15) is 5.82 Å². The molecule has 1 unspecified atom stereocenters. The standard InChI is InChI=1S/C17H25N3/c1-5-15(16-18-10-11-19-16)20-12-13-6-8-14(9-7-13)17(2,3)4/h6-11,15,20H,5,12H2,1-4H3,(H,18,19). The zero-order valence-corrected chi connectivity index (χ0v) is 12.9. The molecule has 1 heterocycles. The highest BCUT2D eigenvalue weighted by atomic mass is 15.0. The number of hydrogen-bond acceptors (Lipinski definition) is 2. The predicted octanol–water partition coefficient (Wildman–Crippen LogP) is 3.95. The van der Waals surface area contributed by atoms with Crippen LogP contribution in [0.5, 0.6) is 0 Å². The van der Waals surface area contributed by atoms with E-state index in [9.17, 15) is 0 Å². The van der Waals surface area contributed by atoms with Gasteiger partial charge < -0.3 is 10.3 Å². The third-order valence-electron chi connectivity index (χ3n) is 3.63. The average molecular weight is 271 g/mol. The molecule has 108 valence electrons. The number of benzene rings is 1. The maximum absolute atomic E-state index is 4.33. The SMILES string of the molecule is CCC(NCc1ccc(C(C)(C)C)cc1)c1ncc[nH]1. The minimum Gasteiger partial charge on any atom is -0.347 e. The average Bonchev–Trinajstić information content (AvgIpc) is 2.93. The number of aromatic amines is 1. The lowest BCUT2D eigenvalue weighted by Crippen LogP contribution is -2.21. The van der Waals surface area contributed by atoms with Crippen molar-refractivity contribution in [2.45, 2.75) is 52.1 Å². The van der Waals surface area contributed by atoms with E-state index in [1.54, 1.807) is 6.20 Å². The van der Waals surface area contributed by atoms with Crippen molar-refractivity contribution in [2.75, 3.05) is 0 Å². The van der Waals surface area contributed by atoms with Gasteiger partial charge in [0.25, 0.3) is 0 Å². The fraction of sp³-hybridized carbons (Fsp3) is 0.471. The molecular formula is C17H25N3. The minimum absolute atomic E-state index is 0.214. The van der Waals surface area contributed by atoms with Crippen LogP contribution in [0.2, 0.25) is 0 Å². The van der Waals surface area contributed by atoms with Crippen molar-refractivity contribution in [3.63, 3.8) is 0 Å². The van der Waals surface area contributed by atoms with E-state index < -0.39 is 0 Å². The van der Waals surface area contributed by atoms with Crippen molar-refractivity contribution in [1.82, 2.24) is 15.3 Å². The number of hydrogen-bond donors (Lipinski definition) is 2. The summed E-state index contributed by atoms with van der Waals surface area (Å²) in [5.74, 6) is 1.01. The number of nitrogens with one attached hydrogen (secondary N) is 2. The molecule has 20 heavy (non-hydrogen) atoms. The van der Waals surface area contributed by atoms with E-state index in [0.29, 0.717) is 0 Å². The van der Waals surface area contributed by atoms with Crippen molar-refractivity contribution >= 4 is 0 Å². The first-order valence-electron chi connectivity index (χ1n) is 7.32. The molecule has 0 bridgehead atoms. The zero-order valence-electron chi connectivity index (χ0n) is 12.9. The molecule has 0 aliphatic rings. The van der Waals surface area contributed by atoms with Gasteiger partial charge in [-0.1, -0.05) is 52.0 Å². The van der Waals surface area contributed by atoms with Crippen LogP contribution in [0.3, 0.4) is 0 Å². The van der Waals surface area contributed by atoms with Gasteiger partial charge in [0.05, 0.1) is 6.04 Å². The van der Waals surface area contributed by atoms with Gasteiger partial charge in [0.2, 0.25) is 0 Å². The van der Waals surface area contributed by atoms with Gasteiger partial charge >= 0.3 is 0 Å². The summed E-state index contributed by atoms with van der Waals surface area (Å²) < 4.78 is 0. The first-order chi connectivity index (χ1) is 9.50. The molecule has 0 saturated heterocycles. The molecule has 2 aromatic rings. The molecule has 0 spiro atoms. The van der Waals surface area contributed by atoms with Crippen LogP contribution in [-0.2, 0) is 12.0 Å². The fourth-order valence-corrected chi connectivity index (χ4v) is 2.27. The summed E-state index contributed by atoms with van der Waals surface area (Å²) in [4.78, 5) is 7.51. The Morgan fingerprint density at radius 1 is 1.20 bits per heavy atom. The molecule has 0 amide bonds. The molecule has 0 radical (unpaired) electrons. The highest BCUT2D eigenvalue weighted by Crippen LogP contribution is 2.22. The Hall–Kier alpha value is -1.61. The molecule has 0 aliphatic heterocycles. The van der Waals surface area contributed by atoms with Crippen LogP contribution in [0.4, 0.5) is 0 Å². The van der Waals surface area contributed by atoms with Gasteiger partial charge in [-0.2, -0.15) is 0 Å². The van der Waals surface area contributed by atoms with Crippen LogP contribution < -0.4 is 5.32 Å². The number of aromatic nitrogens is 2. The van der Waals surface area contributed by atoms with E-state index in [4.69, 9.17) is 0 Å². The summed E-state index contributed by atoms with van der Waals surface area (Å²) in [5.41, 5.74) is 2.90. The van der Waals surface area contributed by atoms with Gasteiger partial charge in [-0.25, -0.2) is 4.98 Å². The van der Waals surface area contributed by atoms with Crippen LogP contribution in [0.25, 0.3) is 0 Å². The Kier molecular flexibility index (Phi) is 4.61. The molecule has 2 rings (SSSR count). The number of nitrogens with zero attached hydrogens (tertiary/aromatic N) is 1. The van der Waals surface area contributed by atoms with Crippen molar-refractivity contribution < 1.29 is 0 Å². The maximum atomic E-state index is 4.33. The van der Waals surface area contributed by atoms with Gasteiger partial charge in [0.15, 0.2) is 0 Å². The molecular weight excluding hydrogens is 246 g/mol. The van der Waals surface area contributed by atoms with Gasteiger partial charge in [0, 0.05) is 18.9 Å². The van der Waals surface area contributed by atoms with E-state index in [0.717, 1.165) is 18.8 Å². The molecule has 2 N–H and O–H groups in total. The molecule has 3 nitrogen and oxygen atoms in total. The largest absolute Gasteiger partial charge is 0.347 e. The zero-order chi connectivity index (χ0) is 14.6. The first kappa shape index (κ1) is 14.8. The van der Waals surface area contributed by atoms with E-state index >= 15 is 0 Å². The first-order valence-corrected chi connectivity index (χ1v) is 7.32. The van der Waals surface area contributed by atoms with E-state index in [1.165, 1.54) is 11.1 Å². The maximum Gasteiger partial charge on any atom is 0.123 e. The van der Waals surface area contributed by atoms with E-state index in [2.05, 4.69) is 67.2 Å². The summed E-state index contributed by atoms with van der Waals surface area (Å²) in [7, 11) is 0. The Morgan fingerprint density at radius 2 is 1.90 bits per heavy atom. The molecule has 3 heteroatoms. The van der Waals surface area contributed by atoms with Crippen LogP contribution in [0, 0.1) is 0 Å². The lowest BCUT2D eigenvalue weighted by molar-refractivity contribution is 0.497. The quantitative estimate of drug-likeness (QED) is 0.864. The van der Waals surface area contributed by atoms with Crippen LogP contribution in [0.15, 0.2) is 36.7 Å². The summed E-state index contributed by atoms with van der Waals surface area (Å²) >= 11 is 0. The molecule has 1 aromatic heterocycles. The molecule has 1 atom stereocenters. The van der Waals surface area contributed by atoms with Crippen LogP contribution >= 0.6 is 0 Å². The number of imidazole rings is 1. The van der Waals surface area contributed by atoms with Gasteiger partial charge in [-0.15, -0.1) is 0 Å². The fourth-order valence-electron chi connectivity index (χ4n) is 2.27. The predicted molar refractivity (Wildman–Crippen MR) is 83.6 cm³/mol. The minimum atomic E-state index is 0.214. The number of rotatable bonds is 5. The van der Waals surface area contributed by atoms with E-state index in [-0.39, 0.29) is 11.5 Å². The van der Waals surface area contributed by atoms with Crippen molar-refractivity contribution in [3.05, 3.63) is 53.6 Å². The molecule has 0 fully saturated rings. The second-order valence-electron chi connectivity index (χ2n) is 6.26. The van der Waals surface area contributed by atoms with E-state index in [1.807, 2.05) is 6.20 Å². The lowest BCUT2D eigenvalue weighted by atomic mass is 9.87. The molecule has 1 aromatic carbocycles. The molecule has 0 saturated carbocycles. The Morgan fingerprint density at radius 3 is 2.40 bits per heavy atom. The third kappa shape index (κ3) is 3.70. The lowest BCUT2D eigenvalue weighted by Gasteiger charge is -2.19. The summed E-state index contributed by atoms with van der Waals surface area (Å²) in [5, 5.41) is 3.55. The van der Waals surface area contributed by atoms with Crippen molar-refractivity contribution in [3.8, 4) is 0 Å². The Bertz CT molecular complexity index is 506. The highest BCUT2D eigenvalue weighted by molar-refractivity contribution is 5.27. The Balaban J connectivity index is 1.97. The second kappa shape index (κ2) is 6.23. The number of H-pyrrole nitrogens is 1. The normalized spacial score (nSPS) is 13.4. The van der Waals surface area contributed by atoms with Crippen LogP contribution in [-0.4, -0.2) is 9.97 Å². The summed E-state index contributed by atoms with van der Waals surface area (Å²) in [6.07, 6.45) is 4.70. The highest BCUT2D eigenvalue weighted by Gasteiger charge is 2.13. The van der Waals surface area contributed by atoms with Crippen molar-refractivity contribution in [1.29, 1.82) is 0 Å². The summed E-state index contributed by atoms with van der Waals surface area (Å²) in [6.45, 7) is 9.76. The topological polar surface area (TPSA) is 40.7 Å². The smallest absolute Gasteiger partial charge is 0.123 e. The van der Waals surface area contributed by atoms with Gasteiger partial charge in [-0.05, 0) is 23.0 Å². The summed E-state index contributed by atoms with van der Waals surface area (Å²) in [6, 6.07) is 9.16. The van der Waals surface area contributed by atoms with Gasteiger partial charge in [-0.3, -0.25) is 0 Å². The third-order valence-corrected chi connectivity index (χ3v) is 3.63. The van der Waals surface area contributed by atoms with Crippen LogP contribution in [0.1, 0.15) is 57.1 Å². The monoisotopic (exact) mass is 271 g/mol. The molecule has 0 aliphatic carbocycles. The Labute approximate surface area is 121 Å². The second-order valence-corrected chi connectivity index (χ2v) is 6.26.